The monoisotopic (exact) mass is 365 g/mol. The number of nitrogens with one attached hydrogen (secondary N) is 1. The fourth-order valence-corrected chi connectivity index (χ4v) is 2.92. The van der Waals surface area contributed by atoms with Crippen LogP contribution in [0.25, 0.3) is 11.5 Å². The molecule has 3 N–H and O–H groups in total. The Kier molecular flexibility index (Phi) is 4.19. The van der Waals surface area contributed by atoms with Gasteiger partial charge < -0.3 is 20.4 Å². The molecule has 2 aromatic heterocycles. The number of hydrogen-bond donors (Lipinski definition) is 2. The normalized spacial score (nSPS) is 13.6. The Morgan fingerprint density at radius 2 is 2.15 bits per heavy atom. The van der Waals surface area contributed by atoms with Gasteiger partial charge in [-0.25, -0.2) is 4.98 Å². The summed E-state index contributed by atoms with van der Waals surface area (Å²) < 4.78 is 5.50. The highest BCUT2D eigenvalue weighted by atomic mass is 16.4. The summed E-state index contributed by atoms with van der Waals surface area (Å²) in [4.78, 5) is 22.1. The number of likely N-dealkylation sites (N-methyl/N-ethyl adjacent to an activating group) is 1. The summed E-state index contributed by atoms with van der Waals surface area (Å²) in [6.07, 6.45) is 2.63. The van der Waals surface area contributed by atoms with Gasteiger partial charge >= 0.3 is 0 Å². The predicted molar refractivity (Wildman–Crippen MR) is 99.0 cm³/mol. The lowest BCUT2D eigenvalue weighted by Crippen LogP contribution is -2.32. The molecule has 0 unspecified atom stereocenters. The van der Waals surface area contributed by atoms with Crippen molar-refractivity contribution in [1.29, 1.82) is 0 Å². The van der Waals surface area contributed by atoms with Crippen LogP contribution in [0.1, 0.15) is 23.9 Å². The third kappa shape index (κ3) is 3.31. The van der Waals surface area contributed by atoms with Crippen LogP contribution in [0.4, 0.5) is 17.5 Å². The summed E-state index contributed by atoms with van der Waals surface area (Å²) in [5.74, 6) is 1.58. The molecule has 1 aromatic carbocycles. The van der Waals surface area contributed by atoms with Crippen molar-refractivity contribution in [3.05, 3.63) is 41.4 Å². The minimum absolute atomic E-state index is 0.127. The van der Waals surface area contributed by atoms with Crippen molar-refractivity contribution < 1.29 is 9.21 Å². The average Bonchev–Trinajstić information content (AvgIpc) is 3.12. The molecule has 138 valence electrons. The van der Waals surface area contributed by atoms with E-state index >= 15 is 0 Å². The van der Waals surface area contributed by atoms with E-state index in [9.17, 15) is 4.79 Å². The Hall–Kier alpha value is -3.49. The van der Waals surface area contributed by atoms with Crippen molar-refractivity contribution in [2.45, 2.75) is 26.3 Å². The molecule has 27 heavy (non-hydrogen) atoms. The van der Waals surface area contributed by atoms with E-state index < -0.39 is 0 Å². The number of carbonyl (C=O) groups is 1. The number of benzene rings is 1. The van der Waals surface area contributed by atoms with E-state index in [4.69, 9.17) is 10.2 Å². The zero-order valence-electron chi connectivity index (χ0n) is 15.1. The van der Waals surface area contributed by atoms with Gasteiger partial charge in [0.25, 0.3) is 5.89 Å². The smallest absolute Gasteiger partial charge is 0.253 e. The molecule has 3 heterocycles. The van der Waals surface area contributed by atoms with E-state index in [1.54, 1.807) is 18.1 Å². The van der Waals surface area contributed by atoms with E-state index in [0.717, 1.165) is 16.8 Å². The van der Waals surface area contributed by atoms with Crippen LogP contribution in [0.5, 0.6) is 0 Å². The number of rotatable bonds is 4. The second-order valence-electron chi connectivity index (χ2n) is 6.38. The fraction of sp³-hybridized carbons (Fsp3) is 0.278. The van der Waals surface area contributed by atoms with Crippen molar-refractivity contribution in [2.75, 3.05) is 18.1 Å². The van der Waals surface area contributed by atoms with E-state index in [2.05, 4.69) is 25.5 Å². The Labute approximate surface area is 155 Å². The van der Waals surface area contributed by atoms with Gasteiger partial charge in [0.05, 0.1) is 12.0 Å². The van der Waals surface area contributed by atoms with Crippen LogP contribution in [-0.4, -0.2) is 38.0 Å². The van der Waals surface area contributed by atoms with Gasteiger partial charge in [0.15, 0.2) is 0 Å². The van der Waals surface area contributed by atoms with E-state index in [1.807, 2.05) is 25.1 Å². The standard InChI is InChI=1S/C18H19N7O2/c1-3-14-23-24-17(27-14)13-8-20-18(22-16(13)19)21-12-5-4-10-7-15(26)25(2)9-11(10)6-12/h4-6,8H,3,7,9H2,1-2H3,(H3,19,20,21,22). The van der Waals surface area contributed by atoms with E-state index in [1.165, 1.54) is 0 Å². The van der Waals surface area contributed by atoms with Crippen molar-refractivity contribution in [1.82, 2.24) is 25.1 Å². The minimum Gasteiger partial charge on any atom is -0.421 e. The first-order valence-electron chi connectivity index (χ1n) is 8.61. The quantitative estimate of drug-likeness (QED) is 0.719. The van der Waals surface area contributed by atoms with Crippen LogP contribution in [-0.2, 0) is 24.2 Å². The van der Waals surface area contributed by atoms with Crippen molar-refractivity contribution in [3.63, 3.8) is 0 Å². The zero-order valence-corrected chi connectivity index (χ0v) is 15.1. The molecule has 0 saturated heterocycles. The van der Waals surface area contributed by atoms with Crippen LogP contribution in [0.3, 0.4) is 0 Å². The summed E-state index contributed by atoms with van der Waals surface area (Å²) in [5, 5.41) is 11.0. The van der Waals surface area contributed by atoms with Crippen molar-refractivity contribution in [2.24, 2.45) is 0 Å². The summed E-state index contributed by atoms with van der Waals surface area (Å²) in [7, 11) is 1.80. The van der Waals surface area contributed by atoms with Crippen LogP contribution >= 0.6 is 0 Å². The van der Waals surface area contributed by atoms with E-state index in [-0.39, 0.29) is 11.7 Å². The molecule has 0 aliphatic carbocycles. The number of nitrogen functional groups attached to an aromatic ring is 1. The molecule has 9 nitrogen and oxygen atoms in total. The number of aryl methyl sites for hydroxylation is 1. The van der Waals surface area contributed by atoms with Crippen molar-refractivity contribution in [3.8, 4) is 11.5 Å². The van der Waals surface area contributed by atoms with E-state index in [0.29, 0.717) is 42.7 Å². The predicted octanol–water partition coefficient (Wildman–Crippen LogP) is 1.93. The molecule has 9 heteroatoms. The first-order chi connectivity index (χ1) is 13.0. The molecule has 1 aliphatic rings. The molecule has 1 aliphatic heterocycles. The Morgan fingerprint density at radius 1 is 1.30 bits per heavy atom. The van der Waals surface area contributed by atoms with Gasteiger partial charge in [-0.05, 0) is 23.3 Å². The lowest BCUT2D eigenvalue weighted by molar-refractivity contribution is -0.130. The third-order valence-electron chi connectivity index (χ3n) is 4.46. The molecular formula is C18H19N7O2. The molecular weight excluding hydrogens is 346 g/mol. The van der Waals surface area contributed by atoms with Crippen LogP contribution in [0.15, 0.2) is 28.8 Å². The Balaban J connectivity index is 1.56. The van der Waals surface area contributed by atoms with Crippen LogP contribution in [0.2, 0.25) is 0 Å². The Morgan fingerprint density at radius 3 is 2.89 bits per heavy atom. The Bertz CT molecular complexity index is 1010. The highest BCUT2D eigenvalue weighted by Crippen LogP contribution is 2.26. The molecule has 0 fully saturated rings. The van der Waals surface area contributed by atoms with Gasteiger partial charge in [-0.1, -0.05) is 13.0 Å². The maximum absolute atomic E-state index is 11.8. The van der Waals surface area contributed by atoms with Gasteiger partial charge in [0, 0.05) is 31.9 Å². The van der Waals surface area contributed by atoms with Gasteiger partial charge in [0.1, 0.15) is 5.82 Å². The number of aromatic nitrogens is 4. The molecule has 0 saturated carbocycles. The minimum atomic E-state index is 0.127. The summed E-state index contributed by atoms with van der Waals surface area (Å²) in [6, 6.07) is 5.85. The number of hydrogen-bond acceptors (Lipinski definition) is 8. The molecule has 0 spiro atoms. The highest BCUT2D eigenvalue weighted by molar-refractivity contribution is 5.81. The topological polar surface area (TPSA) is 123 Å². The maximum atomic E-state index is 11.8. The number of amides is 1. The number of nitrogens with two attached hydrogens (primary N) is 1. The van der Waals surface area contributed by atoms with Gasteiger partial charge in [-0.2, -0.15) is 4.98 Å². The largest absolute Gasteiger partial charge is 0.421 e. The van der Waals surface area contributed by atoms with Gasteiger partial charge in [-0.3, -0.25) is 4.79 Å². The fourth-order valence-electron chi connectivity index (χ4n) is 2.92. The lowest BCUT2D eigenvalue weighted by atomic mass is 9.99. The first-order valence-corrected chi connectivity index (χ1v) is 8.61. The molecule has 0 bridgehead atoms. The second-order valence-corrected chi connectivity index (χ2v) is 6.38. The summed E-state index contributed by atoms with van der Waals surface area (Å²) in [5.41, 5.74) is 9.51. The molecule has 0 atom stereocenters. The van der Waals surface area contributed by atoms with Crippen molar-refractivity contribution >= 4 is 23.4 Å². The lowest BCUT2D eigenvalue weighted by Gasteiger charge is -2.25. The number of carbonyl (C=O) groups excluding carboxylic acids is 1. The zero-order chi connectivity index (χ0) is 19.0. The molecule has 0 radical (unpaired) electrons. The van der Waals surface area contributed by atoms with Gasteiger partial charge in [-0.15, -0.1) is 10.2 Å². The SMILES string of the molecule is CCc1nnc(-c2cnc(Nc3ccc4c(c3)CN(C)C(=O)C4)nc2N)o1. The highest BCUT2D eigenvalue weighted by Gasteiger charge is 2.20. The first kappa shape index (κ1) is 17.0. The van der Waals surface area contributed by atoms with Gasteiger partial charge in [0.2, 0.25) is 17.7 Å². The number of anilines is 3. The number of nitrogens with zero attached hydrogens (tertiary/aromatic N) is 5. The number of fused-ring (bicyclic) bond motifs is 1. The molecule has 3 aromatic rings. The molecule has 4 rings (SSSR count). The average molecular weight is 365 g/mol. The van der Waals surface area contributed by atoms with Crippen LogP contribution < -0.4 is 11.1 Å². The summed E-state index contributed by atoms with van der Waals surface area (Å²) >= 11 is 0. The third-order valence-corrected chi connectivity index (χ3v) is 4.46. The van der Waals surface area contributed by atoms with Crippen LogP contribution in [0, 0.1) is 0 Å². The maximum Gasteiger partial charge on any atom is 0.253 e. The summed E-state index contributed by atoms with van der Waals surface area (Å²) in [6.45, 7) is 2.51. The second kappa shape index (κ2) is 6.67. The molecule has 1 amide bonds.